The highest BCUT2D eigenvalue weighted by Gasteiger charge is 2.47. The molecular formula is C8H13N3O3. The lowest BCUT2D eigenvalue weighted by molar-refractivity contribution is -0.126. The molecule has 2 atom stereocenters. The van der Waals surface area contributed by atoms with Gasteiger partial charge < -0.3 is 4.84 Å². The smallest absolute Gasteiger partial charge is 0.231 e. The molecule has 0 bridgehead atoms. The van der Waals surface area contributed by atoms with Crippen LogP contribution in [-0.4, -0.2) is 43.0 Å². The highest BCUT2D eigenvalue weighted by atomic mass is 16.6. The quantitative estimate of drug-likeness (QED) is 0.409. The van der Waals surface area contributed by atoms with E-state index in [2.05, 4.69) is 10.2 Å². The van der Waals surface area contributed by atoms with Crippen LogP contribution < -0.4 is 11.2 Å². The average molecular weight is 199 g/mol. The molecule has 3 N–H and O–H groups in total. The van der Waals surface area contributed by atoms with Crippen LogP contribution in [-0.2, 0) is 14.4 Å². The summed E-state index contributed by atoms with van der Waals surface area (Å²) < 4.78 is 0. The van der Waals surface area contributed by atoms with Gasteiger partial charge in [-0.05, 0) is 0 Å². The van der Waals surface area contributed by atoms with Crippen molar-refractivity contribution in [1.29, 1.82) is 0 Å². The molecule has 0 aromatic rings. The lowest BCUT2D eigenvalue weighted by atomic mass is 10.00. The van der Waals surface area contributed by atoms with Crippen LogP contribution in [0.2, 0.25) is 0 Å². The summed E-state index contributed by atoms with van der Waals surface area (Å²) in [6.45, 7) is 2.36. The molecule has 0 saturated carbocycles. The summed E-state index contributed by atoms with van der Waals surface area (Å²) in [7, 11) is 0. The van der Waals surface area contributed by atoms with Crippen molar-refractivity contribution in [3.8, 4) is 0 Å². The van der Waals surface area contributed by atoms with Gasteiger partial charge in [-0.3, -0.25) is 19.8 Å². The van der Waals surface area contributed by atoms with Gasteiger partial charge in [-0.15, -0.1) is 0 Å². The van der Waals surface area contributed by atoms with Gasteiger partial charge in [-0.25, -0.2) is 5.90 Å². The fourth-order valence-electron chi connectivity index (χ4n) is 2.09. The first-order valence-electron chi connectivity index (χ1n) is 4.61. The minimum absolute atomic E-state index is 0.142. The van der Waals surface area contributed by atoms with Crippen molar-refractivity contribution < 1.29 is 14.4 Å². The van der Waals surface area contributed by atoms with E-state index in [1.165, 1.54) is 0 Å². The van der Waals surface area contributed by atoms with Crippen molar-refractivity contribution in [2.75, 3.05) is 26.2 Å². The van der Waals surface area contributed by atoms with Gasteiger partial charge in [0.1, 0.15) is 0 Å². The summed E-state index contributed by atoms with van der Waals surface area (Å²) in [5.74, 6) is 4.29. The molecule has 0 aromatic heterocycles. The van der Waals surface area contributed by atoms with Crippen LogP contribution >= 0.6 is 0 Å². The van der Waals surface area contributed by atoms with E-state index in [9.17, 15) is 9.59 Å². The molecule has 2 rings (SSSR count). The van der Waals surface area contributed by atoms with Gasteiger partial charge in [0.05, 0.1) is 18.4 Å². The Labute approximate surface area is 81.3 Å². The zero-order valence-corrected chi connectivity index (χ0v) is 7.73. The molecule has 2 aliphatic rings. The monoisotopic (exact) mass is 199 g/mol. The number of carbonyl (C=O) groups is 2. The second-order valence-electron chi connectivity index (χ2n) is 3.70. The van der Waals surface area contributed by atoms with Gasteiger partial charge >= 0.3 is 0 Å². The van der Waals surface area contributed by atoms with E-state index in [0.29, 0.717) is 26.2 Å². The molecule has 6 heteroatoms. The van der Waals surface area contributed by atoms with E-state index in [4.69, 9.17) is 5.90 Å². The molecule has 6 nitrogen and oxygen atoms in total. The number of amides is 2. The molecule has 2 amide bonds. The Morgan fingerprint density at radius 3 is 2.43 bits per heavy atom. The zero-order chi connectivity index (χ0) is 10.1. The SMILES string of the molecule is NOCCN1CC2C(=O)NC(=O)C2C1. The number of fused-ring (bicyclic) bond motifs is 1. The molecule has 2 unspecified atom stereocenters. The third kappa shape index (κ3) is 1.52. The van der Waals surface area contributed by atoms with Crippen LogP contribution in [0.4, 0.5) is 0 Å². The van der Waals surface area contributed by atoms with Gasteiger partial charge in [-0.2, -0.15) is 0 Å². The van der Waals surface area contributed by atoms with Gasteiger partial charge in [0.2, 0.25) is 11.8 Å². The lowest BCUT2D eigenvalue weighted by Gasteiger charge is -2.14. The highest BCUT2D eigenvalue weighted by Crippen LogP contribution is 2.27. The Bertz CT molecular complexity index is 247. The Morgan fingerprint density at radius 2 is 1.93 bits per heavy atom. The molecule has 2 saturated heterocycles. The van der Waals surface area contributed by atoms with E-state index in [0.717, 1.165) is 0 Å². The number of likely N-dealkylation sites (tertiary alicyclic amines) is 1. The first-order chi connectivity index (χ1) is 6.72. The van der Waals surface area contributed by atoms with Gasteiger partial charge in [-0.1, -0.05) is 0 Å². The number of nitrogens with zero attached hydrogens (tertiary/aromatic N) is 1. The maximum absolute atomic E-state index is 11.3. The van der Waals surface area contributed by atoms with Gasteiger partial charge in [0.25, 0.3) is 0 Å². The van der Waals surface area contributed by atoms with Crippen LogP contribution in [0.1, 0.15) is 0 Å². The predicted octanol–water partition coefficient (Wildman–Crippen LogP) is -1.92. The minimum atomic E-state index is -0.166. The van der Waals surface area contributed by atoms with Gasteiger partial charge in [0, 0.05) is 19.6 Å². The summed E-state index contributed by atoms with van der Waals surface area (Å²) in [6, 6.07) is 0. The average Bonchev–Trinajstić information content (AvgIpc) is 2.67. The second kappa shape index (κ2) is 3.64. The molecule has 78 valence electrons. The normalized spacial score (nSPS) is 32.1. The van der Waals surface area contributed by atoms with Crippen molar-refractivity contribution >= 4 is 11.8 Å². The maximum Gasteiger partial charge on any atom is 0.231 e. The van der Waals surface area contributed by atoms with E-state index < -0.39 is 0 Å². The summed E-state index contributed by atoms with van der Waals surface area (Å²) in [5, 5.41) is 2.33. The Hall–Kier alpha value is -0.980. The topological polar surface area (TPSA) is 84.7 Å². The number of hydrogen-bond donors (Lipinski definition) is 2. The maximum atomic E-state index is 11.3. The van der Waals surface area contributed by atoms with Crippen molar-refractivity contribution in [2.45, 2.75) is 0 Å². The third-order valence-electron chi connectivity index (χ3n) is 2.84. The van der Waals surface area contributed by atoms with Crippen molar-refractivity contribution in [2.24, 2.45) is 17.7 Å². The largest absolute Gasteiger partial charge is 0.303 e. The number of nitrogens with two attached hydrogens (primary N) is 1. The second-order valence-corrected chi connectivity index (χ2v) is 3.70. The Morgan fingerprint density at radius 1 is 1.36 bits per heavy atom. The van der Waals surface area contributed by atoms with Crippen molar-refractivity contribution in [3.63, 3.8) is 0 Å². The van der Waals surface area contributed by atoms with Crippen LogP contribution in [0, 0.1) is 11.8 Å². The van der Waals surface area contributed by atoms with Gasteiger partial charge in [0.15, 0.2) is 0 Å². The highest BCUT2D eigenvalue weighted by molar-refractivity contribution is 6.05. The molecule has 2 fully saturated rings. The first-order valence-corrected chi connectivity index (χ1v) is 4.61. The fraction of sp³-hybridized carbons (Fsp3) is 0.750. The zero-order valence-electron chi connectivity index (χ0n) is 7.73. The number of hydrogen-bond acceptors (Lipinski definition) is 5. The molecule has 0 spiro atoms. The summed E-state index contributed by atoms with van der Waals surface area (Å²) in [4.78, 5) is 29.0. The third-order valence-corrected chi connectivity index (χ3v) is 2.84. The van der Waals surface area contributed by atoms with E-state index >= 15 is 0 Å². The summed E-state index contributed by atoms with van der Waals surface area (Å²) in [6.07, 6.45) is 0. The number of carbonyl (C=O) groups excluding carboxylic acids is 2. The minimum Gasteiger partial charge on any atom is -0.303 e. The molecule has 0 radical (unpaired) electrons. The Kier molecular flexibility index (Phi) is 2.49. The molecule has 0 aliphatic carbocycles. The molecule has 2 heterocycles. The van der Waals surface area contributed by atoms with E-state index in [-0.39, 0.29) is 23.7 Å². The van der Waals surface area contributed by atoms with Crippen LogP contribution in [0.15, 0.2) is 0 Å². The van der Waals surface area contributed by atoms with E-state index in [1.807, 2.05) is 4.90 Å². The number of imide groups is 1. The van der Waals surface area contributed by atoms with Crippen LogP contribution in [0.3, 0.4) is 0 Å². The molecule has 2 aliphatic heterocycles. The van der Waals surface area contributed by atoms with E-state index in [1.54, 1.807) is 0 Å². The fourth-order valence-corrected chi connectivity index (χ4v) is 2.09. The van der Waals surface area contributed by atoms with Crippen LogP contribution in [0.5, 0.6) is 0 Å². The molecular weight excluding hydrogens is 186 g/mol. The van der Waals surface area contributed by atoms with Crippen LogP contribution in [0.25, 0.3) is 0 Å². The predicted molar refractivity (Wildman–Crippen MR) is 46.7 cm³/mol. The standard InChI is InChI=1S/C8H13N3O3/c9-14-2-1-11-3-5-6(4-11)8(13)10-7(5)12/h5-6H,1-4,9H2,(H,10,12,13). The first kappa shape index (κ1) is 9.57. The molecule has 14 heavy (non-hydrogen) atoms. The molecule has 0 aromatic carbocycles. The lowest BCUT2D eigenvalue weighted by Crippen LogP contribution is -2.33. The Balaban J connectivity index is 1.94. The summed E-state index contributed by atoms with van der Waals surface area (Å²) in [5.41, 5.74) is 0. The number of rotatable bonds is 3. The number of nitrogens with one attached hydrogen (secondary N) is 1. The van der Waals surface area contributed by atoms with Crippen molar-refractivity contribution in [3.05, 3.63) is 0 Å². The van der Waals surface area contributed by atoms with Crippen molar-refractivity contribution in [1.82, 2.24) is 10.2 Å². The summed E-state index contributed by atoms with van der Waals surface area (Å²) >= 11 is 0.